The number of aryl methyl sites for hydroxylation is 1. The number of rotatable bonds is 4. The van der Waals surface area contributed by atoms with Crippen molar-refractivity contribution < 1.29 is 13.6 Å². The average Bonchev–Trinajstić information content (AvgIpc) is 2.64. The highest BCUT2D eigenvalue weighted by atomic mass is 19.1. The molecule has 1 heterocycles. The molecule has 0 saturated heterocycles. The number of benzene rings is 1. The highest BCUT2D eigenvalue weighted by Crippen LogP contribution is 2.27. The molecule has 0 radical (unpaired) electrons. The second kappa shape index (κ2) is 4.53. The van der Waals surface area contributed by atoms with Gasteiger partial charge in [0.15, 0.2) is 11.5 Å². The number of halogens is 1. The maximum absolute atomic E-state index is 13.1. The Kier molecular flexibility index (Phi) is 3.09. The van der Waals surface area contributed by atoms with Crippen LogP contribution in [0.3, 0.4) is 0 Å². The molecule has 1 aromatic heterocycles. The fourth-order valence-corrected chi connectivity index (χ4v) is 1.81. The van der Waals surface area contributed by atoms with Gasteiger partial charge in [0.25, 0.3) is 0 Å². The van der Waals surface area contributed by atoms with E-state index in [0.717, 1.165) is 0 Å². The van der Waals surface area contributed by atoms with Crippen LogP contribution in [0, 0.1) is 12.7 Å². The second-order valence-electron chi connectivity index (χ2n) is 3.95. The third-order valence-electron chi connectivity index (χ3n) is 2.73. The summed E-state index contributed by atoms with van der Waals surface area (Å²) in [5.74, 6) is -0.0713. The molecule has 0 aliphatic rings. The van der Waals surface area contributed by atoms with Crippen molar-refractivity contribution in [3.05, 3.63) is 48.0 Å². The summed E-state index contributed by atoms with van der Waals surface area (Å²) in [5, 5.41) is 0.659. The minimum Gasteiger partial charge on any atom is -0.453 e. The summed E-state index contributed by atoms with van der Waals surface area (Å²) in [7, 11) is 0. The van der Waals surface area contributed by atoms with Gasteiger partial charge in [-0.2, -0.15) is 0 Å². The fraction of sp³-hybridized carbons (Fsp3) is 0.214. The van der Waals surface area contributed by atoms with Crippen molar-refractivity contribution in [3.8, 4) is 0 Å². The molecule has 2 aromatic rings. The monoisotopic (exact) mass is 232 g/mol. The zero-order valence-corrected chi connectivity index (χ0v) is 9.63. The molecule has 0 spiro atoms. The number of allylic oxidation sites excluding steroid dienone is 1. The van der Waals surface area contributed by atoms with Gasteiger partial charge in [-0.3, -0.25) is 4.79 Å². The third kappa shape index (κ3) is 2.13. The molecule has 0 bridgehead atoms. The van der Waals surface area contributed by atoms with Gasteiger partial charge in [0.1, 0.15) is 11.4 Å². The van der Waals surface area contributed by atoms with Crippen LogP contribution in [0.15, 0.2) is 35.3 Å². The number of Topliss-reactive ketones (excluding diaryl/α,β-unsaturated/α-hetero) is 1. The van der Waals surface area contributed by atoms with Crippen molar-refractivity contribution in [1.29, 1.82) is 0 Å². The fourth-order valence-electron chi connectivity index (χ4n) is 1.81. The summed E-state index contributed by atoms with van der Waals surface area (Å²) >= 11 is 0. The Morgan fingerprint density at radius 3 is 3.00 bits per heavy atom. The van der Waals surface area contributed by atoms with Crippen LogP contribution in [0.2, 0.25) is 0 Å². The van der Waals surface area contributed by atoms with E-state index in [1.165, 1.54) is 12.1 Å². The number of ketones is 1. The minimum absolute atomic E-state index is 0.0704. The number of fused-ring (bicyclic) bond motifs is 1. The van der Waals surface area contributed by atoms with E-state index in [-0.39, 0.29) is 11.6 Å². The molecule has 2 rings (SSSR count). The van der Waals surface area contributed by atoms with Crippen LogP contribution >= 0.6 is 0 Å². The van der Waals surface area contributed by atoms with Crippen LogP contribution in [-0.2, 0) is 0 Å². The standard InChI is InChI=1S/C14H13FO2/c1-3-4-5-12(16)14-9(2)11-8-10(15)6-7-13(11)17-14/h3,6-8H,1,4-5H2,2H3. The Balaban J connectivity index is 2.45. The second-order valence-corrected chi connectivity index (χ2v) is 3.95. The van der Waals surface area contributed by atoms with Crippen molar-refractivity contribution in [3.63, 3.8) is 0 Å². The molecular weight excluding hydrogens is 219 g/mol. The third-order valence-corrected chi connectivity index (χ3v) is 2.73. The van der Waals surface area contributed by atoms with Gasteiger partial charge in [-0.25, -0.2) is 4.39 Å². The Hall–Kier alpha value is -1.90. The molecule has 17 heavy (non-hydrogen) atoms. The predicted molar refractivity (Wildman–Crippen MR) is 64.7 cm³/mol. The molecule has 0 atom stereocenters. The van der Waals surface area contributed by atoms with Crippen molar-refractivity contribution in [2.75, 3.05) is 0 Å². The lowest BCUT2D eigenvalue weighted by Gasteiger charge is -1.95. The highest BCUT2D eigenvalue weighted by molar-refractivity contribution is 6.00. The van der Waals surface area contributed by atoms with E-state index < -0.39 is 0 Å². The maximum atomic E-state index is 13.1. The van der Waals surface area contributed by atoms with Crippen molar-refractivity contribution in [1.82, 2.24) is 0 Å². The zero-order chi connectivity index (χ0) is 12.4. The molecule has 0 N–H and O–H groups in total. The minimum atomic E-state index is -0.327. The maximum Gasteiger partial charge on any atom is 0.198 e. The highest BCUT2D eigenvalue weighted by Gasteiger charge is 2.17. The number of hydrogen-bond donors (Lipinski definition) is 0. The van der Waals surface area contributed by atoms with E-state index in [1.54, 1.807) is 19.1 Å². The van der Waals surface area contributed by atoms with Gasteiger partial charge in [0.05, 0.1) is 0 Å². The lowest BCUT2D eigenvalue weighted by atomic mass is 10.1. The number of carbonyl (C=O) groups excluding carboxylic acids is 1. The van der Waals surface area contributed by atoms with Gasteiger partial charge in [-0.05, 0) is 31.5 Å². The topological polar surface area (TPSA) is 30.2 Å². The lowest BCUT2D eigenvalue weighted by molar-refractivity contribution is 0.0958. The van der Waals surface area contributed by atoms with E-state index in [0.29, 0.717) is 35.1 Å². The summed E-state index contributed by atoms with van der Waals surface area (Å²) in [6.45, 7) is 5.34. The van der Waals surface area contributed by atoms with Crippen LogP contribution in [0.25, 0.3) is 11.0 Å². The molecular formula is C14H13FO2. The van der Waals surface area contributed by atoms with E-state index in [1.807, 2.05) is 0 Å². The smallest absolute Gasteiger partial charge is 0.198 e. The summed E-state index contributed by atoms with van der Waals surface area (Å²) in [4.78, 5) is 11.8. The first kappa shape index (κ1) is 11.6. The first-order valence-electron chi connectivity index (χ1n) is 5.46. The molecule has 88 valence electrons. The number of hydrogen-bond acceptors (Lipinski definition) is 2. The molecule has 0 fully saturated rings. The van der Waals surface area contributed by atoms with Gasteiger partial charge in [0, 0.05) is 17.4 Å². The van der Waals surface area contributed by atoms with Gasteiger partial charge in [0.2, 0.25) is 0 Å². The zero-order valence-electron chi connectivity index (χ0n) is 9.63. The summed E-state index contributed by atoms with van der Waals surface area (Å²) in [6, 6.07) is 4.25. The van der Waals surface area contributed by atoms with E-state index in [4.69, 9.17) is 4.42 Å². The Bertz CT molecular complexity index is 581. The quantitative estimate of drug-likeness (QED) is 0.588. The lowest BCUT2D eigenvalue weighted by Crippen LogP contribution is -1.97. The van der Waals surface area contributed by atoms with Crippen LogP contribution in [0.5, 0.6) is 0 Å². The van der Waals surface area contributed by atoms with Gasteiger partial charge >= 0.3 is 0 Å². The molecule has 2 nitrogen and oxygen atoms in total. The molecule has 0 unspecified atom stereocenters. The molecule has 0 aliphatic heterocycles. The van der Waals surface area contributed by atoms with E-state index in [9.17, 15) is 9.18 Å². The molecule has 0 amide bonds. The van der Waals surface area contributed by atoms with Crippen molar-refractivity contribution in [2.45, 2.75) is 19.8 Å². The molecule has 1 aromatic carbocycles. The summed E-state index contributed by atoms with van der Waals surface area (Å²) in [6.07, 6.45) is 2.67. The van der Waals surface area contributed by atoms with Crippen LogP contribution in [0.1, 0.15) is 29.0 Å². The van der Waals surface area contributed by atoms with Crippen LogP contribution in [-0.4, -0.2) is 5.78 Å². The number of carbonyl (C=O) groups is 1. The van der Waals surface area contributed by atoms with Gasteiger partial charge < -0.3 is 4.42 Å². The predicted octanol–water partition coefficient (Wildman–Crippen LogP) is 4.03. The first-order chi connectivity index (χ1) is 8.13. The van der Waals surface area contributed by atoms with Crippen LogP contribution < -0.4 is 0 Å². The average molecular weight is 232 g/mol. The van der Waals surface area contributed by atoms with Crippen molar-refractivity contribution >= 4 is 16.8 Å². The Morgan fingerprint density at radius 2 is 2.29 bits per heavy atom. The van der Waals surface area contributed by atoms with Crippen molar-refractivity contribution in [2.24, 2.45) is 0 Å². The molecule has 3 heteroatoms. The molecule has 0 aliphatic carbocycles. The summed E-state index contributed by atoms with van der Waals surface area (Å²) in [5.41, 5.74) is 1.25. The van der Waals surface area contributed by atoms with Gasteiger partial charge in [-0.15, -0.1) is 6.58 Å². The normalized spacial score (nSPS) is 10.7. The van der Waals surface area contributed by atoms with Gasteiger partial charge in [-0.1, -0.05) is 6.08 Å². The number of furan rings is 1. The van der Waals surface area contributed by atoms with E-state index >= 15 is 0 Å². The Morgan fingerprint density at radius 1 is 1.53 bits per heavy atom. The summed E-state index contributed by atoms with van der Waals surface area (Å²) < 4.78 is 18.6. The largest absolute Gasteiger partial charge is 0.453 e. The molecule has 0 saturated carbocycles. The Labute approximate surface area is 98.7 Å². The van der Waals surface area contributed by atoms with Crippen LogP contribution in [0.4, 0.5) is 4.39 Å². The SMILES string of the molecule is C=CCCC(=O)c1oc2ccc(F)cc2c1C. The first-order valence-corrected chi connectivity index (χ1v) is 5.46. The van der Waals surface area contributed by atoms with E-state index in [2.05, 4.69) is 6.58 Å².